The maximum absolute atomic E-state index is 13.0. The van der Waals surface area contributed by atoms with Gasteiger partial charge in [0.25, 0.3) is 0 Å². The standard InChI is InChI=1S/C15H24FN/c1-5-13(6-2)12(4)17-10-14-7-8-15(16)9-11(14)3/h7-9,12-13,17H,5-6,10H2,1-4H3. The van der Waals surface area contributed by atoms with E-state index in [0.717, 1.165) is 18.0 Å². The van der Waals surface area contributed by atoms with E-state index in [4.69, 9.17) is 0 Å². The van der Waals surface area contributed by atoms with Gasteiger partial charge in [-0.25, -0.2) is 4.39 Å². The molecule has 1 N–H and O–H groups in total. The van der Waals surface area contributed by atoms with Gasteiger partial charge >= 0.3 is 0 Å². The molecule has 0 amide bonds. The number of aryl methyl sites for hydroxylation is 1. The summed E-state index contributed by atoms with van der Waals surface area (Å²) in [5.74, 6) is 0.565. The van der Waals surface area contributed by atoms with Gasteiger partial charge in [-0.2, -0.15) is 0 Å². The van der Waals surface area contributed by atoms with Gasteiger partial charge in [0, 0.05) is 12.6 Å². The molecule has 0 radical (unpaired) electrons. The molecule has 1 nitrogen and oxygen atoms in total. The number of hydrogen-bond acceptors (Lipinski definition) is 1. The summed E-state index contributed by atoms with van der Waals surface area (Å²) in [4.78, 5) is 0. The van der Waals surface area contributed by atoms with E-state index in [9.17, 15) is 4.39 Å². The Hall–Kier alpha value is -0.890. The van der Waals surface area contributed by atoms with Gasteiger partial charge in [-0.3, -0.25) is 0 Å². The highest BCUT2D eigenvalue weighted by atomic mass is 19.1. The maximum atomic E-state index is 13.0. The SMILES string of the molecule is CCC(CC)C(C)NCc1ccc(F)cc1C. The van der Waals surface area contributed by atoms with Crippen molar-refractivity contribution in [2.45, 2.75) is 53.1 Å². The van der Waals surface area contributed by atoms with E-state index in [1.165, 1.54) is 24.5 Å². The van der Waals surface area contributed by atoms with Crippen LogP contribution in [0.3, 0.4) is 0 Å². The third kappa shape index (κ3) is 4.12. The van der Waals surface area contributed by atoms with E-state index in [0.29, 0.717) is 6.04 Å². The molecule has 1 unspecified atom stereocenters. The zero-order valence-corrected chi connectivity index (χ0v) is 11.4. The molecule has 0 spiro atoms. The van der Waals surface area contributed by atoms with Crippen LogP contribution in [0.5, 0.6) is 0 Å². The first-order chi connectivity index (χ1) is 8.08. The molecular formula is C15H24FN. The van der Waals surface area contributed by atoms with Crippen LogP contribution >= 0.6 is 0 Å². The lowest BCUT2D eigenvalue weighted by molar-refractivity contribution is 0.353. The molecule has 0 fully saturated rings. The summed E-state index contributed by atoms with van der Waals surface area (Å²) < 4.78 is 13.0. The lowest BCUT2D eigenvalue weighted by atomic mass is 9.95. The van der Waals surface area contributed by atoms with Crippen molar-refractivity contribution in [3.63, 3.8) is 0 Å². The summed E-state index contributed by atoms with van der Waals surface area (Å²) in [6, 6.07) is 5.51. The summed E-state index contributed by atoms with van der Waals surface area (Å²) >= 11 is 0. The molecule has 17 heavy (non-hydrogen) atoms. The summed E-state index contributed by atoms with van der Waals surface area (Å²) in [6.45, 7) is 9.48. The molecule has 1 aromatic carbocycles. The first-order valence-corrected chi connectivity index (χ1v) is 6.56. The highest BCUT2D eigenvalue weighted by molar-refractivity contribution is 5.26. The summed E-state index contributed by atoms with van der Waals surface area (Å²) in [5, 5.41) is 3.54. The van der Waals surface area contributed by atoms with Crippen molar-refractivity contribution in [2.24, 2.45) is 5.92 Å². The molecule has 1 rings (SSSR count). The average Bonchev–Trinajstić information content (AvgIpc) is 2.29. The van der Waals surface area contributed by atoms with Crippen LogP contribution in [0.15, 0.2) is 18.2 Å². The Bertz CT molecular complexity index is 345. The van der Waals surface area contributed by atoms with Crippen molar-refractivity contribution in [3.05, 3.63) is 35.1 Å². The van der Waals surface area contributed by atoms with Crippen molar-refractivity contribution in [2.75, 3.05) is 0 Å². The van der Waals surface area contributed by atoms with E-state index in [2.05, 4.69) is 26.1 Å². The molecule has 0 heterocycles. The number of nitrogens with one attached hydrogen (secondary N) is 1. The van der Waals surface area contributed by atoms with Crippen LogP contribution in [0, 0.1) is 18.7 Å². The van der Waals surface area contributed by atoms with Crippen molar-refractivity contribution in [3.8, 4) is 0 Å². The monoisotopic (exact) mass is 237 g/mol. The van der Waals surface area contributed by atoms with Gasteiger partial charge in [-0.05, 0) is 43.0 Å². The van der Waals surface area contributed by atoms with Crippen LogP contribution in [0.4, 0.5) is 4.39 Å². The molecule has 0 aliphatic carbocycles. The van der Waals surface area contributed by atoms with Crippen LogP contribution in [-0.2, 0) is 6.54 Å². The highest BCUT2D eigenvalue weighted by Gasteiger charge is 2.12. The fourth-order valence-electron chi connectivity index (χ4n) is 2.29. The van der Waals surface area contributed by atoms with Crippen molar-refractivity contribution in [1.82, 2.24) is 5.32 Å². The maximum Gasteiger partial charge on any atom is 0.123 e. The molecule has 0 aliphatic heterocycles. The predicted octanol–water partition coefficient (Wildman–Crippen LogP) is 4.05. The Labute approximate surface area is 104 Å². The second-order valence-electron chi connectivity index (χ2n) is 4.82. The van der Waals surface area contributed by atoms with Crippen molar-refractivity contribution < 1.29 is 4.39 Å². The van der Waals surface area contributed by atoms with Gasteiger partial charge < -0.3 is 5.32 Å². The zero-order valence-electron chi connectivity index (χ0n) is 11.4. The Balaban J connectivity index is 2.55. The van der Waals surface area contributed by atoms with Crippen LogP contribution in [0.25, 0.3) is 0 Å². The van der Waals surface area contributed by atoms with Gasteiger partial charge in [-0.15, -0.1) is 0 Å². The zero-order chi connectivity index (χ0) is 12.8. The molecule has 2 heteroatoms. The van der Waals surface area contributed by atoms with Crippen molar-refractivity contribution in [1.29, 1.82) is 0 Å². The second-order valence-corrected chi connectivity index (χ2v) is 4.82. The Morgan fingerprint density at radius 2 is 1.88 bits per heavy atom. The third-order valence-corrected chi connectivity index (χ3v) is 3.67. The van der Waals surface area contributed by atoms with E-state index < -0.39 is 0 Å². The minimum atomic E-state index is -0.153. The Morgan fingerprint density at radius 1 is 1.24 bits per heavy atom. The van der Waals surface area contributed by atoms with Crippen LogP contribution in [0.2, 0.25) is 0 Å². The molecule has 0 aromatic heterocycles. The molecule has 1 atom stereocenters. The van der Waals surface area contributed by atoms with Gasteiger partial charge in [0.1, 0.15) is 5.82 Å². The van der Waals surface area contributed by atoms with Crippen LogP contribution < -0.4 is 5.32 Å². The summed E-state index contributed by atoms with van der Waals surface area (Å²) in [5.41, 5.74) is 2.21. The van der Waals surface area contributed by atoms with Gasteiger partial charge in [0.05, 0.1) is 0 Å². The lowest BCUT2D eigenvalue weighted by Gasteiger charge is -2.23. The molecule has 0 saturated carbocycles. The third-order valence-electron chi connectivity index (χ3n) is 3.67. The fraction of sp³-hybridized carbons (Fsp3) is 0.600. The smallest absolute Gasteiger partial charge is 0.123 e. The van der Waals surface area contributed by atoms with E-state index >= 15 is 0 Å². The molecule has 0 aliphatic rings. The van der Waals surface area contributed by atoms with E-state index in [-0.39, 0.29) is 5.82 Å². The molecule has 0 saturated heterocycles. The molecule has 0 bridgehead atoms. The minimum absolute atomic E-state index is 0.153. The molecule has 96 valence electrons. The second kappa shape index (κ2) is 6.75. The summed E-state index contributed by atoms with van der Waals surface area (Å²) in [6.07, 6.45) is 2.40. The molecular weight excluding hydrogens is 213 g/mol. The average molecular weight is 237 g/mol. The largest absolute Gasteiger partial charge is 0.310 e. The topological polar surface area (TPSA) is 12.0 Å². The van der Waals surface area contributed by atoms with Crippen LogP contribution in [0.1, 0.15) is 44.7 Å². The van der Waals surface area contributed by atoms with Gasteiger partial charge in [-0.1, -0.05) is 32.8 Å². The Morgan fingerprint density at radius 3 is 2.41 bits per heavy atom. The van der Waals surface area contributed by atoms with Gasteiger partial charge in [0.2, 0.25) is 0 Å². The minimum Gasteiger partial charge on any atom is -0.310 e. The Kier molecular flexibility index (Phi) is 5.63. The first kappa shape index (κ1) is 14.2. The number of rotatable bonds is 6. The van der Waals surface area contributed by atoms with Gasteiger partial charge in [0.15, 0.2) is 0 Å². The van der Waals surface area contributed by atoms with Crippen molar-refractivity contribution >= 4 is 0 Å². The normalized spacial score (nSPS) is 13.1. The van der Waals surface area contributed by atoms with E-state index in [1.807, 2.05) is 13.0 Å². The first-order valence-electron chi connectivity index (χ1n) is 6.56. The number of halogens is 1. The number of benzene rings is 1. The predicted molar refractivity (Wildman–Crippen MR) is 71.5 cm³/mol. The number of hydrogen-bond donors (Lipinski definition) is 1. The quantitative estimate of drug-likeness (QED) is 0.787. The molecule has 1 aromatic rings. The highest BCUT2D eigenvalue weighted by Crippen LogP contribution is 2.14. The van der Waals surface area contributed by atoms with Crippen LogP contribution in [-0.4, -0.2) is 6.04 Å². The fourth-order valence-corrected chi connectivity index (χ4v) is 2.29. The van der Waals surface area contributed by atoms with E-state index in [1.54, 1.807) is 6.07 Å². The lowest BCUT2D eigenvalue weighted by Crippen LogP contribution is -2.32. The summed E-state index contributed by atoms with van der Waals surface area (Å²) in [7, 11) is 0.